The fourth-order valence-corrected chi connectivity index (χ4v) is 2.84. The number of nitrogens with one attached hydrogen (secondary N) is 2. The van der Waals surface area contributed by atoms with Crippen molar-refractivity contribution in [3.63, 3.8) is 0 Å². The second-order valence-electron chi connectivity index (χ2n) is 4.23. The van der Waals surface area contributed by atoms with Gasteiger partial charge in [-0.15, -0.1) is 0 Å². The smallest absolute Gasteiger partial charge is 0.331 e. The molecular weight excluding hydrogens is 286 g/mol. The van der Waals surface area contributed by atoms with Crippen LogP contribution >= 0.6 is 0 Å². The van der Waals surface area contributed by atoms with Gasteiger partial charge in [0.2, 0.25) is 5.96 Å². The summed E-state index contributed by atoms with van der Waals surface area (Å²) in [5.74, 6) is -1.59. The summed E-state index contributed by atoms with van der Waals surface area (Å²) >= 11 is 0. The number of carboxylic acid groups (broad SMARTS) is 1. The molecule has 0 radical (unpaired) electrons. The molecule has 0 amide bonds. The van der Waals surface area contributed by atoms with Crippen molar-refractivity contribution in [3.05, 3.63) is 24.3 Å². The molecule has 0 aliphatic carbocycles. The Morgan fingerprint density at radius 3 is 2.60 bits per heavy atom. The van der Waals surface area contributed by atoms with Crippen molar-refractivity contribution in [2.75, 3.05) is 5.32 Å². The van der Waals surface area contributed by atoms with E-state index >= 15 is 0 Å². The highest BCUT2D eigenvalue weighted by molar-refractivity contribution is 7.90. The number of aliphatic imine (C=N–C) groups is 1. The Balaban J connectivity index is 2.41. The molecule has 0 saturated heterocycles. The number of sulfonamides is 1. The van der Waals surface area contributed by atoms with Crippen molar-refractivity contribution in [1.29, 1.82) is 0 Å². The standard InChI is InChI=1S/C11H13N3O5S/c1-6(15)9(10(16)17)13-11-12-7-4-2-3-5-8(7)20(18,19)14-11/h2-6,9,15H,1H3,(H,16,17)(H2,12,13,14). The number of fused-ring (bicyclic) bond motifs is 1. The number of aliphatic hydroxyl groups is 1. The lowest BCUT2D eigenvalue weighted by Gasteiger charge is -2.22. The van der Waals surface area contributed by atoms with Gasteiger partial charge in [0.15, 0.2) is 6.04 Å². The first kappa shape index (κ1) is 14.3. The topological polar surface area (TPSA) is 128 Å². The van der Waals surface area contributed by atoms with Crippen LogP contribution in [0.1, 0.15) is 6.92 Å². The number of rotatable bonds is 3. The molecule has 0 saturated carbocycles. The highest BCUT2D eigenvalue weighted by atomic mass is 32.2. The molecule has 1 aromatic rings. The predicted molar refractivity (Wildman–Crippen MR) is 70.9 cm³/mol. The molecule has 1 heterocycles. The Hall–Kier alpha value is -2.13. The Morgan fingerprint density at radius 1 is 1.35 bits per heavy atom. The van der Waals surface area contributed by atoms with Crippen LogP contribution in [0.2, 0.25) is 0 Å². The summed E-state index contributed by atoms with van der Waals surface area (Å²) in [6, 6.07) is 4.67. The Kier molecular flexibility index (Phi) is 3.64. The molecule has 2 unspecified atom stereocenters. The van der Waals surface area contributed by atoms with E-state index in [2.05, 4.69) is 15.0 Å². The van der Waals surface area contributed by atoms with Crippen molar-refractivity contribution >= 4 is 27.6 Å². The maximum absolute atomic E-state index is 12.0. The molecule has 0 fully saturated rings. The summed E-state index contributed by atoms with van der Waals surface area (Å²) in [6.45, 7) is 1.26. The van der Waals surface area contributed by atoms with E-state index in [0.29, 0.717) is 5.69 Å². The lowest BCUT2D eigenvalue weighted by atomic mass is 10.2. The van der Waals surface area contributed by atoms with Gasteiger partial charge in [-0.2, -0.15) is 0 Å². The van der Waals surface area contributed by atoms with Gasteiger partial charge in [-0.3, -0.25) is 0 Å². The molecule has 2 rings (SSSR count). The lowest BCUT2D eigenvalue weighted by Crippen LogP contribution is -2.43. The first-order valence-electron chi connectivity index (χ1n) is 5.69. The average Bonchev–Trinajstić information content (AvgIpc) is 2.34. The van der Waals surface area contributed by atoms with Crippen LogP contribution in [0, 0.1) is 0 Å². The van der Waals surface area contributed by atoms with Crippen molar-refractivity contribution in [1.82, 2.24) is 4.72 Å². The minimum atomic E-state index is -3.81. The zero-order valence-electron chi connectivity index (χ0n) is 10.4. The minimum Gasteiger partial charge on any atom is -0.480 e. The summed E-state index contributed by atoms with van der Waals surface area (Å²) in [6.07, 6.45) is -1.26. The highest BCUT2D eigenvalue weighted by Gasteiger charge is 2.29. The highest BCUT2D eigenvalue weighted by Crippen LogP contribution is 2.23. The van der Waals surface area contributed by atoms with E-state index in [1.807, 2.05) is 0 Å². The van der Waals surface area contributed by atoms with Gasteiger partial charge in [0.25, 0.3) is 10.0 Å². The van der Waals surface area contributed by atoms with E-state index in [-0.39, 0.29) is 10.9 Å². The first-order chi connectivity index (χ1) is 9.31. The van der Waals surface area contributed by atoms with E-state index in [4.69, 9.17) is 5.11 Å². The maximum Gasteiger partial charge on any atom is 0.331 e. The third-order valence-corrected chi connectivity index (χ3v) is 4.04. The SMILES string of the molecule is CC(O)C(N=C1Nc2ccccc2S(=O)(=O)N1)C(=O)O. The van der Waals surface area contributed by atoms with Crippen molar-refractivity contribution in [2.24, 2.45) is 4.99 Å². The molecule has 0 aromatic heterocycles. The molecular formula is C11H13N3O5S. The second-order valence-corrected chi connectivity index (χ2v) is 5.88. The second kappa shape index (κ2) is 5.10. The average molecular weight is 299 g/mol. The molecule has 9 heteroatoms. The van der Waals surface area contributed by atoms with Gasteiger partial charge < -0.3 is 15.5 Å². The zero-order chi connectivity index (χ0) is 14.9. The summed E-state index contributed by atoms with van der Waals surface area (Å²) in [5.41, 5.74) is 0.291. The molecule has 1 aliphatic rings. The van der Waals surface area contributed by atoms with Gasteiger partial charge in [0, 0.05) is 0 Å². The number of anilines is 1. The Bertz CT molecular complexity index is 668. The molecule has 0 spiro atoms. The third kappa shape index (κ3) is 2.73. The van der Waals surface area contributed by atoms with Crippen LogP contribution in [0.4, 0.5) is 5.69 Å². The van der Waals surface area contributed by atoms with Crippen molar-refractivity contribution < 1.29 is 23.4 Å². The lowest BCUT2D eigenvalue weighted by molar-refractivity contribution is -0.140. The van der Waals surface area contributed by atoms with Gasteiger partial charge >= 0.3 is 5.97 Å². The minimum absolute atomic E-state index is 0.0443. The third-order valence-electron chi connectivity index (χ3n) is 2.64. The van der Waals surface area contributed by atoms with Crippen LogP contribution in [0.5, 0.6) is 0 Å². The number of guanidine groups is 1. The number of aliphatic carboxylic acids is 1. The van der Waals surface area contributed by atoms with E-state index in [1.165, 1.54) is 19.1 Å². The quantitative estimate of drug-likeness (QED) is 0.600. The molecule has 2 atom stereocenters. The molecule has 4 N–H and O–H groups in total. The van der Waals surface area contributed by atoms with Gasteiger partial charge in [-0.25, -0.2) is 22.9 Å². The Labute approximate surface area is 115 Å². The van der Waals surface area contributed by atoms with E-state index < -0.39 is 28.1 Å². The van der Waals surface area contributed by atoms with Crippen molar-refractivity contribution in [2.45, 2.75) is 24.0 Å². The molecule has 108 valence electrons. The van der Waals surface area contributed by atoms with Crippen LogP contribution in [0.25, 0.3) is 0 Å². The first-order valence-corrected chi connectivity index (χ1v) is 7.17. The molecule has 0 bridgehead atoms. The maximum atomic E-state index is 12.0. The number of aliphatic hydroxyl groups excluding tert-OH is 1. The van der Waals surface area contributed by atoms with Crippen LogP contribution in [0.15, 0.2) is 34.2 Å². The number of benzene rings is 1. The molecule has 1 aliphatic heterocycles. The van der Waals surface area contributed by atoms with Gasteiger partial charge in [-0.05, 0) is 19.1 Å². The normalized spacial score (nSPS) is 21.2. The van der Waals surface area contributed by atoms with Gasteiger partial charge in [-0.1, -0.05) is 12.1 Å². The van der Waals surface area contributed by atoms with Crippen LogP contribution in [0.3, 0.4) is 0 Å². The summed E-state index contributed by atoms with van der Waals surface area (Å²) < 4.78 is 26.1. The fourth-order valence-electron chi connectivity index (χ4n) is 1.71. The summed E-state index contributed by atoms with van der Waals surface area (Å²) in [5, 5.41) is 21.0. The number of carboxylic acids is 1. The van der Waals surface area contributed by atoms with E-state index in [0.717, 1.165) is 0 Å². The molecule has 8 nitrogen and oxygen atoms in total. The number of hydrogen-bond acceptors (Lipinski definition) is 5. The Morgan fingerprint density at radius 2 is 2.00 bits per heavy atom. The number of hydrogen-bond donors (Lipinski definition) is 4. The molecule has 20 heavy (non-hydrogen) atoms. The predicted octanol–water partition coefficient (Wildman–Crippen LogP) is -0.420. The number of para-hydroxylation sites is 1. The number of carbonyl (C=O) groups is 1. The van der Waals surface area contributed by atoms with Gasteiger partial charge in [0.05, 0.1) is 11.8 Å². The number of nitrogens with zero attached hydrogens (tertiary/aromatic N) is 1. The van der Waals surface area contributed by atoms with Crippen LogP contribution in [-0.4, -0.2) is 42.7 Å². The van der Waals surface area contributed by atoms with Crippen LogP contribution < -0.4 is 10.0 Å². The largest absolute Gasteiger partial charge is 0.480 e. The summed E-state index contributed by atoms with van der Waals surface area (Å²) in [4.78, 5) is 14.7. The molecule has 1 aromatic carbocycles. The van der Waals surface area contributed by atoms with Gasteiger partial charge in [0.1, 0.15) is 4.90 Å². The monoisotopic (exact) mass is 299 g/mol. The summed E-state index contributed by atoms with van der Waals surface area (Å²) in [7, 11) is -3.81. The van der Waals surface area contributed by atoms with Crippen LogP contribution in [-0.2, 0) is 14.8 Å². The van der Waals surface area contributed by atoms with E-state index in [9.17, 15) is 18.3 Å². The van der Waals surface area contributed by atoms with E-state index in [1.54, 1.807) is 12.1 Å². The van der Waals surface area contributed by atoms with Crippen molar-refractivity contribution in [3.8, 4) is 0 Å². The fraction of sp³-hybridized carbons (Fsp3) is 0.273. The zero-order valence-corrected chi connectivity index (χ0v) is 11.3.